The molecular weight excluding hydrogens is 274 g/mol. The molecular formula is C14H18ClN5. The maximum Gasteiger partial charge on any atom is 0.182 e. The van der Waals surface area contributed by atoms with Gasteiger partial charge in [-0.2, -0.15) is 0 Å². The van der Waals surface area contributed by atoms with Crippen LogP contribution in [-0.4, -0.2) is 20.2 Å². The van der Waals surface area contributed by atoms with Crippen molar-refractivity contribution >= 4 is 17.3 Å². The molecule has 1 heterocycles. The van der Waals surface area contributed by atoms with Crippen LogP contribution in [-0.2, 0) is 0 Å². The van der Waals surface area contributed by atoms with Gasteiger partial charge in [0.25, 0.3) is 0 Å². The van der Waals surface area contributed by atoms with Gasteiger partial charge in [-0.15, -0.1) is 5.10 Å². The van der Waals surface area contributed by atoms with Crippen LogP contribution in [0, 0.1) is 11.8 Å². The summed E-state index contributed by atoms with van der Waals surface area (Å²) >= 11 is 5.97. The summed E-state index contributed by atoms with van der Waals surface area (Å²) < 4.78 is 1.94. The SMILES string of the molecule is CC1CCC(n2nnnc2-c2ccc(Cl)c(N)c2)C1C. The fourth-order valence-corrected chi connectivity index (χ4v) is 3.09. The number of rotatable bonds is 2. The molecule has 106 valence electrons. The lowest BCUT2D eigenvalue weighted by Gasteiger charge is -2.19. The summed E-state index contributed by atoms with van der Waals surface area (Å²) in [5.74, 6) is 2.04. The monoisotopic (exact) mass is 291 g/mol. The highest BCUT2D eigenvalue weighted by atomic mass is 35.5. The van der Waals surface area contributed by atoms with Crippen LogP contribution in [0.2, 0.25) is 5.02 Å². The van der Waals surface area contributed by atoms with Gasteiger partial charge in [0, 0.05) is 5.56 Å². The predicted molar refractivity (Wildman–Crippen MR) is 79.3 cm³/mol. The van der Waals surface area contributed by atoms with E-state index in [-0.39, 0.29) is 0 Å². The number of hydrogen-bond acceptors (Lipinski definition) is 4. The Hall–Kier alpha value is -1.62. The van der Waals surface area contributed by atoms with Crippen molar-refractivity contribution in [2.45, 2.75) is 32.7 Å². The number of anilines is 1. The molecule has 2 N–H and O–H groups in total. The summed E-state index contributed by atoms with van der Waals surface area (Å²) in [6, 6.07) is 5.87. The molecule has 1 saturated carbocycles. The first-order valence-corrected chi connectivity index (χ1v) is 7.29. The summed E-state index contributed by atoms with van der Waals surface area (Å²) in [6.45, 7) is 4.55. The molecule has 1 aliphatic carbocycles. The van der Waals surface area contributed by atoms with Gasteiger partial charge in [0.15, 0.2) is 5.82 Å². The Morgan fingerprint density at radius 1 is 1.30 bits per heavy atom. The zero-order chi connectivity index (χ0) is 14.3. The highest BCUT2D eigenvalue weighted by molar-refractivity contribution is 6.33. The van der Waals surface area contributed by atoms with E-state index in [0.29, 0.717) is 28.6 Å². The van der Waals surface area contributed by atoms with Crippen molar-refractivity contribution in [2.75, 3.05) is 5.73 Å². The van der Waals surface area contributed by atoms with E-state index in [2.05, 4.69) is 29.4 Å². The van der Waals surface area contributed by atoms with Crippen LogP contribution in [0.5, 0.6) is 0 Å². The lowest BCUT2D eigenvalue weighted by Crippen LogP contribution is -2.17. The second-order valence-corrected chi connectivity index (χ2v) is 6.07. The van der Waals surface area contributed by atoms with Gasteiger partial charge in [0.1, 0.15) is 0 Å². The van der Waals surface area contributed by atoms with Gasteiger partial charge in [-0.05, 0) is 53.3 Å². The summed E-state index contributed by atoms with van der Waals surface area (Å²) in [5.41, 5.74) is 7.32. The van der Waals surface area contributed by atoms with Gasteiger partial charge >= 0.3 is 0 Å². The Kier molecular flexibility index (Phi) is 3.38. The van der Waals surface area contributed by atoms with Crippen molar-refractivity contribution in [2.24, 2.45) is 11.8 Å². The van der Waals surface area contributed by atoms with Crippen LogP contribution in [0.3, 0.4) is 0 Å². The second-order valence-electron chi connectivity index (χ2n) is 5.66. The molecule has 3 rings (SSSR count). The summed E-state index contributed by atoms with van der Waals surface area (Å²) in [4.78, 5) is 0. The van der Waals surface area contributed by atoms with E-state index in [1.807, 2.05) is 16.8 Å². The van der Waals surface area contributed by atoms with E-state index in [0.717, 1.165) is 17.8 Å². The number of nitrogens with two attached hydrogens (primary N) is 1. The van der Waals surface area contributed by atoms with Crippen molar-refractivity contribution in [1.29, 1.82) is 0 Å². The maximum absolute atomic E-state index is 5.97. The molecule has 3 atom stereocenters. The molecule has 0 saturated heterocycles. The average molecular weight is 292 g/mol. The standard InChI is InChI=1S/C14H18ClN5/c1-8-3-6-13(9(8)2)20-14(17-18-19-20)10-4-5-11(15)12(16)7-10/h4-5,7-9,13H,3,6,16H2,1-2H3. The molecule has 0 spiro atoms. The minimum Gasteiger partial charge on any atom is -0.398 e. The Labute approximate surface area is 123 Å². The van der Waals surface area contributed by atoms with Gasteiger partial charge in [-0.3, -0.25) is 0 Å². The number of tetrazole rings is 1. The van der Waals surface area contributed by atoms with Crippen LogP contribution in [0.1, 0.15) is 32.7 Å². The fourth-order valence-electron chi connectivity index (χ4n) is 2.97. The Morgan fingerprint density at radius 3 is 2.75 bits per heavy atom. The molecule has 6 heteroatoms. The first-order valence-electron chi connectivity index (χ1n) is 6.91. The number of benzene rings is 1. The summed E-state index contributed by atoms with van der Waals surface area (Å²) in [5, 5.41) is 12.8. The maximum atomic E-state index is 5.97. The topological polar surface area (TPSA) is 69.6 Å². The Morgan fingerprint density at radius 2 is 2.10 bits per heavy atom. The molecule has 1 fully saturated rings. The normalized spacial score (nSPS) is 26.1. The van der Waals surface area contributed by atoms with E-state index < -0.39 is 0 Å². The fraction of sp³-hybridized carbons (Fsp3) is 0.500. The quantitative estimate of drug-likeness (QED) is 0.863. The lowest BCUT2D eigenvalue weighted by atomic mass is 9.98. The lowest BCUT2D eigenvalue weighted by molar-refractivity contribution is 0.328. The van der Waals surface area contributed by atoms with Crippen molar-refractivity contribution in [3.63, 3.8) is 0 Å². The number of hydrogen-bond donors (Lipinski definition) is 1. The third-order valence-electron chi connectivity index (χ3n) is 4.48. The zero-order valence-corrected chi connectivity index (χ0v) is 12.4. The zero-order valence-electron chi connectivity index (χ0n) is 11.6. The minimum atomic E-state index is 0.354. The summed E-state index contributed by atoms with van der Waals surface area (Å²) in [6.07, 6.45) is 2.33. The molecule has 0 bridgehead atoms. The highest BCUT2D eigenvalue weighted by Crippen LogP contribution is 2.40. The molecule has 0 aliphatic heterocycles. The van der Waals surface area contributed by atoms with E-state index in [9.17, 15) is 0 Å². The molecule has 3 unspecified atom stereocenters. The van der Waals surface area contributed by atoms with Crippen molar-refractivity contribution in [1.82, 2.24) is 20.2 Å². The molecule has 20 heavy (non-hydrogen) atoms. The number of halogens is 1. The molecule has 0 radical (unpaired) electrons. The van der Waals surface area contributed by atoms with Crippen LogP contribution >= 0.6 is 11.6 Å². The number of nitrogens with zero attached hydrogens (tertiary/aromatic N) is 4. The molecule has 1 aliphatic rings. The van der Waals surface area contributed by atoms with Gasteiger partial charge in [-0.1, -0.05) is 25.4 Å². The van der Waals surface area contributed by atoms with Crippen molar-refractivity contribution < 1.29 is 0 Å². The molecule has 5 nitrogen and oxygen atoms in total. The van der Waals surface area contributed by atoms with Crippen LogP contribution in [0.4, 0.5) is 5.69 Å². The van der Waals surface area contributed by atoms with Crippen molar-refractivity contribution in [3.8, 4) is 11.4 Å². The smallest absolute Gasteiger partial charge is 0.182 e. The minimum absolute atomic E-state index is 0.354. The Bertz CT molecular complexity index is 624. The Balaban J connectivity index is 2.00. The molecule has 2 aromatic rings. The van der Waals surface area contributed by atoms with E-state index in [1.165, 1.54) is 6.42 Å². The summed E-state index contributed by atoms with van der Waals surface area (Å²) in [7, 11) is 0. The third kappa shape index (κ3) is 2.16. The van der Waals surface area contributed by atoms with Gasteiger partial charge in [0.2, 0.25) is 0 Å². The first-order chi connectivity index (χ1) is 9.58. The third-order valence-corrected chi connectivity index (χ3v) is 4.83. The van der Waals surface area contributed by atoms with Crippen LogP contribution in [0.25, 0.3) is 11.4 Å². The van der Waals surface area contributed by atoms with E-state index in [1.54, 1.807) is 6.07 Å². The predicted octanol–water partition coefficient (Wildman–Crippen LogP) is 3.18. The van der Waals surface area contributed by atoms with E-state index >= 15 is 0 Å². The average Bonchev–Trinajstić information content (AvgIpc) is 3.01. The van der Waals surface area contributed by atoms with Crippen molar-refractivity contribution in [3.05, 3.63) is 23.2 Å². The van der Waals surface area contributed by atoms with E-state index in [4.69, 9.17) is 17.3 Å². The highest BCUT2D eigenvalue weighted by Gasteiger charge is 2.33. The number of aromatic nitrogens is 4. The second kappa shape index (κ2) is 5.05. The van der Waals surface area contributed by atoms with Gasteiger partial charge < -0.3 is 5.73 Å². The molecule has 0 amide bonds. The number of nitrogen functional groups attached to an aromatic ring is 1. The van der Waals surface area contributed by atoms with Gasteiger partial charge in [0.05, 0.1) is 16.8 Å². The first kappa shape index (κ1) is 13.4. The van der Waals surface area contributed by atoms with Crippen LogP contribution < -0.4 is 5.73 Å². The molecule has 1 aromatic heterocycles. The largest absolute Gasteiger partial charge is 0.398 e. The van der Waals surface area contributed by atoms with Gasteiger partial charge in [-0.25, -0.2) is 4.68 Å². The molecule has 1 aromatic carbocycles. The van der Waals surface area contributed by atoms with Crippen LogP contribution in [0.15, 0.2) is 18.2 Å².